The first kappa shape index (κ1) is 37.7. The van der Waals surface area contributed by atoms with Crippen LogP contribution in [0.15, 0.2) is 78.9 Å². The van der Waals surface area contributed by atoms with Crippen molar-refractivity contribution in [3.63, 3.8) is 0 Å². The summed E-state index contributed by atoms with van der Waals surface area (Å²) in [4.78, 5) is 50.2. The van der Waals surface area contributed by atoms with Gasteiger partial charge >= 0.3 is 24.1 Å². The van der Waals surface area contributed by atoms with Gasteiger partial charge in [0.05, 0.1) is 11.7 Å². The third-order valence-corrected chi connectivity index (χ3v) is 8.40. The molecule has 5 N–H and O–H groups in total. The number of piperidine rings is 1. The van der Waals surface area contributed by atoms with E-state index in [9.17, 15) is 32.7 Å². The van der Waals surface area contributed by atoms with Crippen molar-refractivity contribution in [2.75, 3.05) is 5.32 Å². The molecule has 11 nitrogen and oxygen atoms in total. The molecule has 268 valence electrons. The maximum atomic E-state index is 13.6. The molecule has 14 heteroatoms. The summed E-state index contributed by atoms with van der Waals surface area (Å²) in [5.74, 6) is -3.30. The number of phenols is 1. The van der Waals surface area contributed by atoms with Crippen LogP contribution in [0.1, 0.15) is 61.0 Å². The van der Waals surface area contributed by atoms with Crippen molar-refractivity contribution in [1.29, 1.82) is 0 Å². The average Bonchev–Trinajstić information content (AvgIpc) is 3.28. The number of carbonyl (C=O) groups is 4. The Bertz CT molecular complexity index is 1590. The summed E-state index contributed by atoms with van der Waals surface area (Å²) in [6, 6.07) is 23.0. The molecular weight excluding hydrogens is 657 g/mol. The molecule has 2 fully saturated rings. The number of aliphatic carboxylic acids is 1. The molecule has 2 aliphatic heterocycles. The highest BCUT2D eigenvalue weighted by molar-refractivity contribution is 5.95. The zero-order valence-corrected chi connectivity index (χ0v) is 27.7. The Balaban J connectivity index is 0.000000727. The maximum absolute atomic E-state index is 13.6. The minimum atomic E-state index is -5.08. The number of aromatic hydroxyl groups is 1. The van der Waals surface area contributed by atoms with E-state index < -0.39 is 30.2 Å². The SMILES string of the molecule is CC(C)OC(=O)c1ccc(NC(=O)N[C@@H](Cc2ccc(O)cc2)C(=O)NC2CC3CCC(C2)N3Cc2ccccc2)cc1.O=C(O)C(F)(F)F. The van der Waals surface area contributed by atoms with Crippen molar-refractivity contribution in [2.45, 2.75) is 88.9 Å². The standard InChI is InChI=1S/C34H40N4O5.C2HF3O2/c1-22(2)43-33(41)25-10-12-26(13-11-25)36-34(42)37-31(18-23-8-16-30(39)17-9-23)32(40)35-27-19-28-14-15-29(20-27)38(28)21-24-6-4-3-5-7-24;3-2(4,5)1(6)7/h3-13,16-17,22,27-29,31,39H,14-15,18-21H2,1-2H3,(H,35,40)(H2,36,37,42);(H,6,7)/t27?,28?,29?,31-;/m0./s1. The number of amides is 3. The number of rotatable bonds is 10. The van der Waals surface area contributed by atoms with Crippen molar-refractivity contribution in [1.82, 2.24) is 15.5 Å². The number of nitrogens with zero attached hydrogens (tertiary/aromatic N) is 1. The van der Waals surface area contributed by atoms with Crippen molar-refractivity contribution in [3.05, 3.63) is 95.6 Å². The smallest absolute Gasteiger partial charge is 0.490 e. The number of benzene rings is 3. The van der Waals surface area contributed by atoms with Crippen molar-refractivity contribution in [3.8, 4) is 5.75 Å². The topological polar surface area (TPSA) is 157 Å². The number of carboxylic acid groups (broad SMARTS) is 1. The van der Waals surface area contributed by atoms with Gasteiger partial charge in [-0.2, -0.15) is 13.2 Å². The molecule has 3 atom stereocenters. The van der Waals surface area contributed by atoms with Crippen molar-refractivity contribution < 1.29 is 47.3 Å². The molecule has 3 aromatic carbocycles. The van der Waals surface area contributed by atoms with Gasteiger partial charge in [-0.25, -0.2) is 14.4 Å². The zero-order valence-electron chi connectivity index (χ0n) is 27.7. The van der Waals surface area contributed by atoms with Gasteiger partial charge in [0.1, 0.15) is 11.8 Å². The molecule has 2 bridgehead atoms. The van der Waals surface area contributed by atoms with E-state index >= 15 is 0 Å². The number of urea groups is 1. The van der Waals surface area contributed by atoms with E-state index in [1.807, 2.05) is 6.07 Å². The maximum Gasteiger partial charge on any atom is 0.490 e. The first-order valence-corrected chi connectivity index (χ1v) is 16.2. The third kappa shape index (κ3) is 11.2. The lowest BCUT2D eigenvalue weighted by Gasteiger charge is -2.39. The van der Waals surface area contributed by atoms with Crippen LogP contribution in [0.5, 0.6) is 5.75 Å². The Morgan fingerprint density at radius 2 is 1.46 bits per heavy atom. The summed E-state index contributed by atoms with van der Waals surface area (Å²) in [6.45, 7) is 4.48. The lowest BCUT2D eigenvalue weighted by atomic mass is 9.95. The van der Waals surface area contributed by atoms with E-state index in [0.717, 1.165) is 37.8 Å². The molecule has 3 amide bonds. The number of anilines is 1. The minimum Gasteiger partial charge on any atom is -0.508 e. The monoisotopic (exact) mass is 698 g/mol. The number of phenolic OH excluding ortho intramolecular Hbond substituents is 1. The number of hydrogen-bond donors (Lipinski definition) is 5. The molecule has 0 aliphatic carbocycles. The van der Waals surface area contributed by atoms with Gasteiger partial charge in [0, 0.05) is 36.8 Å². The second kappa shape index (κ2) is 17.0. The first-order valence-electron chi connectivity index (χ1n) is 16.2. The second-order valence-corrected chi connectivity index (χ2v) is 12.6. The number of ether oxygens (including phenoxy) is 1. The average molecular weight is 699 g/mol. The van der Waals surface area contributed by atoms with E-state index in [-0.39, 0.29) is 30.2 Å². The van der Waals surface area contributed by atoms with Gasteiger partial charge in [-0.3, -0.25) is 9.69 Å². The number of nitrogens with one attached hydrogen (secondary N) is 3. The molecule has 0 saturated carbocycles. The molecule has 3 aromatic rings. The van der Waals surface area contributed by atoms with Crippen LogP contribution in [0.25, 0.3) is 0 Å². The van der Waals surface area contributed by atoms with Gasteiger partial charge in [-0.15, -0.1) is 0 Å². The molecule has 2 aliphatic rings. The number of fused-ring (bicyclic) bond motifs is 2. The van der Waals surface area contributed by atoms with Gasteiger partial charge in [-0.1, -0.05) is 42.5 Å². The van der Waals surface area contributed by atoms with E-state index in [1.165, 1.54) is 5.56 Å². The molecule has 0 radical (unpaired) electrons. The summed E-state index contributed by atoms with van der Waals surface area (Å²) in [6.07, 6.45) is -1.06. The number of carboxylic acids is 1. The predicted octanol–water partition coefficient (Wildman–Crippen LogP) is 5.64. The largest absolute Gasteiger partial charge is 0.508 e. The zero-order chi connectivity index (χ0) is 36.4. The molecule has 50 heavy (non-hydrogen) atoms. The van der Waals surface area contributed by atoms with Gasteiger partial charge in [0.2, 0.25) is 5.91 Å². The first-order chi connectivity index (χ1) is 23.7. The van der Waals surface area contributed by atoms with Crippen molar-refractivity contribution in [2.24, 2.45) is 0 Å². The number of carbonyl (C=O) groups excluding carboxylic acids is 3. The molecule has 2 heterocycles. The number of halogens is 3. The van der Waals surface area contributed by atoms with Crippen LogP contribution < -0.4 is 16.0 Å². The number of esters is 1. The van der Waals surface area contributed by atoms with E-state index in [2.05, 4.69) is 45.1 Å². The Morgan fingerprint density at radius 1 is 0.880 bits per heavy atom. The quantitative estimate of drug-likeness (QED) is 0.171. The molecule has 0 aromatic heterocycles. The summed E-state index contributed by atoms with van der Waals surface area (Å²) >= 11 is 0. The Hall–Kier alpha value is -5.11. The summed E-state index contributed by atoms with van der Waals surface area (Å²) < 4.78 is 36.9. The van der Waals surface area contributed by atoms with Crippen LogP contribution in [-0.2, 0) is 27.3 Å². The van der Waals surface area contributed by atoms with Gasteiger partial charge in [0.15, 0.2) is 0 Å². The molecule has 0 spiro atoms. The molecule has 5 rings (SSSR count). The summed E-state index contributed by atoms with van der Waals surface area (Å²) in [5.41, 5.74) is 2.97. The summed E-state index contributed by atoms with van der Waals surface area (Å²) in [5, 5.41) is 25.6. The van der Waals surface area contributed by atoms with Crippen molar-refractivity contribution >= 4 is 29.6 Å². The highest BCUT2D eigenvalue weighted by Crippen LogP contribution is 2.37. The Morgan fingerprint density at radius 3 is 2.00 bits per heavy atom. The van der Waals surface area contributed by atoms with Crippen LogP contribution in [0, 0.1) is 0 Å². The highest BCUT2D eigenvalue weighted by atomic mass is 19.4. The predicted molar refractivity (Wildman–Crippen MR) is 178 cm³/mol. The Labute approximate surface area is 287 Å². The van der Waals surface area contributed by atoms with Crippen LogP contribution in [-0.4, -0.2) is 75.4 Å². The fourth-order valence-corrected chi connectivity index (χ4v) is 6.12. The second-order valence-electron chi connectivity index (χ2n) is 12.6. The van der Waals surface area contributed by atoms with E-state index in [4.69, 9.17) is 14.6 Å². The lowest BCUT2D eigenvalue weighted by molar-refractivity contribution is -0.192. The lowest BCUT2D eigenvalue weighted by Crippen LogP contribution is -2.55. The fraction of sp³-hybridized carbons (Fsp3) is 0.389. The van der Waals surface area contributed by atoms with Crippen LogP contribution in [0.2, 0.25) is 0 Å². The van der Waals surface area contributed by atoms with Crippen LogP contribution in [0.4, 0.5) is 23.7 Å². The van der Waals surface area contributed by atoms with E-state index in [0.29, 0.717) is 23.3 Å². The fourth-order valence-electron chi connectivity index (χ4n) is 6.12. The van der Waals surface area contributed by atoms with Crippen LogP contribution >= 0.6 is 0 Å². The highest BCUT2D eigenvalue weighted by Gasteiger charge is 2.41. The van der Waals surface area contributed by atoms with Gasteiger partial charge in [0.25, 0.3) is 0 Å². The van der Waals surface area contributed by atoms with E-state index in [1.54, 1.807) is 62.4 Å². The molecule has 2 unspecified atom stereocenters. The normalized spacial score (nSPS) is 19.0. The minimum absolute atomic E-state index is 0.0299. The third-order valence-electron chi connectivity index (χ3n) is 8.40. The number of alkyl halides is 3. The number of hydrogen-bond acceptors (Lipinski definition) is 7. The molecular formula is C36H41F3N4O7. The van der Waals surface area contributed by atoms with Gasteiger partial charge in [-0.05, 0) is 87.1 Å². The summed E-state index contributed by atoms with van der Waals surface area (Å²) in [7, 11) is 0. The Kier molecular flexibility index (Phi) is 12.8. The van der Waals surface area contributed by atoms with Gasteiger partial charge < -0.3 is 30.9 Å². The molecule has 2 saturated heterocycles. The van der Waals surface area contributed by atoms with Crippen LogP contribution in [0.3, 0.4) is 0 Å².